The Bertz CT molecular complexity index is 823. The van der Waals surface area contributed by atoms with Gasteiger partial charge in [0.05, 0.1) is 5.92 Å². The van der Waals surface area contributed by atoms with E-state index in [0.29, 0.717) is 18.8 Å². The summed E-state index contributed by atoms with van der Waals surface area (Å²) < 4.78 is 5.22. The molecule has 4 aliphatic carbocycles. The van der Waals surface area contributed by atoms with Crippen molar-refractivity contribution in [2.45, 2.75) is 72.6 Å². The van der Waals surface area contributed by atoms with Gasteiger partial charge in [0.15, 0.2) is 11.6 Å². The van der Waals surface area contributed by atoms with Gasteiger partial charge in [-0.05, 0) is 60.8 Å². The van der Waals surface area contributed by atoms with Crippen molar-refractivity contribution < 1.29 is 23.9 Å². The molecule has 0 aromatic heterocycles. The zero-order valence-corrected chi connectivity index (χ0v) is 18.7. The van der Waals surface area contributed by atoms with Crippen LogP contribution in [0.25, 0.3) is 0 Å². The topological polar surface area (TPSA) is 77.5 Å². The molecule has 6 atom stereocenters. The minimum Gasteiger partial charge on any atom is -0.457 e. The van der Waals surface area contributed by atoms with E-state index in [1.54, 1.807) is 13.8 Å². The predicted octanol–water partition coefficient (Wildman–Crippen LogP) is 4.08. The van der Waals surface area contributed by atoms with Gasteiger partial charge < -0.3 is 4.74 Å². The second-order valence-corrected chi connectivity index (χ2v) is 10.8. The fraction of sp³-hybridized carbons (Fsp3) is 0.760. The molecule has 4 unspecified atom stereocenters. The molecule has 3 fully saturated rings. The van der Waals surface area contributed by atoms with Crippen molar-refractivity contribution in [2.24, 2.45) is 40.4 Å². The van der Waals surface area contributed by atoms with Crippen LogP contribution in [0, 0.1) is 40.4 Å². The molecule has 0 aromatic carbocycles. The number of esters is 1. The Labute approximate surface area is 179 Å². The van der Waals surface area contributed by atoms with Crippen molar-refractivity contribution in [3.63, 3.8) is 0 Å². The minimum absolute atomic E-state index is 0.0312. The summed E-state index contributed by atoms with van der Waals surface area (Å²) in [5, 5.41) is 0. The molecule has 0 saturated heterocycles. The maximum Gasteiger partial charge on any atom is 0.308 e. The molecule has 0 aliphatic heterocycles. The first-order valence-electron chi connectivity index (χ1n) is 11.5. The molecule has 0 radical (unpaired) electrons. The van der Waals surface area contributed by atoms with Crippen LogP contribution in [0.2, 0.25) is 0 Å². The lowest BCUT2D eigenvalue weighted by atomic mass is 9.46. The van der Waals surface area contributed by atoms with Crippen molar-refractivity contribution in [1.29, 1.82) is 0 Å². The van der Waals surface area contributed by atoms with E-state index < -0.39 is 0 Å². The van der Waals surface area contributed by atoms with E-state index >= 15 is 0 Å². The molecule has 30 heavy (non-hydrogen) atoms. The Hall–Kier alpha value is -1.78. The van der Waals surface area contributed by atoms with Crippen LogP contribution in [0.4, 0.5) is 0 Å². The van der Waals surface area contributed by atoms with Crippen molar-refractivity contribution >= 4 is 23.3 Å². The number of ketones is 3. The quantitative estimate of drug-likeness (QED) is 0.648. The first-order chi connectivity index (χ1) is 14.1. The van der Waals surface area contributed by atoms with Gasteiger partial charge >= 0.3 is 5.97 Å². The molecule has 0 N–H and O–H groups in total. The summed E-state index contributed by atoms with van der Waals surface area (Å²) in [6, 6.07) is 0. The highest BCUT2D eigenvalue weighted by Gasteiger charge is 2.63. The lowest BCUT2D eigenvalue weighted by Crippen LogP contribution is -2.55. The van der Waals surface area contributed by atoms with Gasteiger partial charge in [0, 0.05) is 24.7 Å². The highest BCUT2D eigenvalue weighted by molar-refractivity contribution is 5.93. The van der Waals surface area contributed by atoms with E-state index in [-0.39, 0.29) is 64.4 Å². The molecule has 0 spiro atoms. The lowest BCUT2D eigenvalue weighted by molar-refractivity contribution is -0.156. The SMILES string of the molecule is CC(C)C(=O)OCC(=O)C1CCC2C3CCC4=CC(=O)CC[C@]4(C)C3C(=O)C[C@]12C. The van der Waals surface area contributed by atoms with E-state index in [0.717, 1.165) is 32.1 Å². The van der Waals surface area contributed by atoms with Crippen molar-refractivity contribution in [1.82, 2.24) is 0 Å². The number of rotatable bonds is 4. The lowest BCUT2D eigenvalue weighted by Gasteiger charge is -2.56. The van der Waals surface area contributed by atoms with Crippen LogP contribution in [0.1, 0.15) is 72.6 Å². The molecular formula is C25H34O5. The van der Waals surface area contributed by atoms with Crippen molar-refractivity contribution in [2.75, 3.05) is 6.61 Å². The van der Waals surface area contributed by atoms with E-state index in [4.69, 9.17) is 4.74 Å². The fourth-order valence-electron chi connectivity index (χ4n) is 7.32. The summed E-state index contributed by atoms with van der Waals surface area (Å²) in [6.45, 7) is 7.63. The summed E-state index contributed by atoms with van der Waals surface area (Å²) in [4.78, 5) is 50.3. The number of fused-ring (bicyclic) bond motifs is 5. The molecule has 0 heterocycles. The molecule has 5 heteroatoms. The number of allylic oxidation sites excluding steroid dienone is 1. The largest absolute Gasteiger partial charge is 0.457 e. The number of ether oxygens (including phenoxy) is 1. The first kappa shape index (κ1) is 21.5. The second kappa shape index (κ2) is 7.42. The average molecular weight is 415 g/mol. The molecule has 0 bridgehead atoms. The summed E-state index contributed by atoms with van der Waals surface area (Å²) in [7, 11) is 0. The Morgan fingerprint density at radius 2 is 1.87 bits per heavy atom. The molecule has 3 saturated carbocycles. The van der Waals surface area contributed by atoms with Gasteiger partial charge in [-0.15, -0.1) is 0 Å². The highest BCUT2D eigenvalue weighted by Crippen LogP contribution is 2.65. The Morgan fingerprint density at radius 1 is 1.13 bits per heavy atom. The van der Waals surface area contributed by atoms with Crippen LogP contribution in [0.15, 0.2) is 11.6 Å². The minimum atomic E-state index is -0.353. The fourth-order valence-corrected chi connectivity index (χ4v) is 7.32. The Kier molecular flexibility index (Phi) is 5.31. The first-order valence-corrected chi connectivity index (χ1v) is 11.5. The molecule has 164 valence electrons. The zero-order valence-electron chi connectivity index (χ0n) is 18.7. The van der Waals surface area contributed by atoms with Gasteiger partial charge in [-0.2, -0.15) is 0 Å². The standard InChI is InChI=1S/C25H34O5/c1-14(2)23(29)30-13-21(28)19-8-7-18-17-6-5-15-11-16(26)9-10-24(15,3)22(17)20(27)12-25(18,19)4/h11,14,17-19,22H,5-10,12-13H2,1-4H3/t17?,18?,19?,22?,24-,25-/m0/s1. The predicted molar refractivity (Wildman–Crippen MR) is 111 cm³/mol. The Balaban J connectivity index is 1.56. The van der Waals surface area contributed by atoms with Crippen LogP contribution >= 0.6 is 0 Å². The van der Waals surface area contributed by atoms with Crippen LogP contribution < -0.4 is 0 Å². The zero-order chi connectivity index (χ0) is 21.8. The molecule has 4 rings (SSSR count). The summed E-state index contributed by atoms with van der Waals surface area (Å²) in [5.74, 6) is 0.182. The molecule has 4 aliphatic rings. The van der Waals surface area contributed by atoms with Crippen LogP contribution in [-0.2, 0) is 23.9 Å². The van der Waals surface area contributed by atoms with Gasteiger partial charge in [-0.1, -0.05) is 33.3 Å². The molecular weight excluding hydrogens is 380 g/mol. The van der Waals surface area contributed by atoms with Crippen LogP contribution in [0.3, 0.4) is 0 Å². The number of hydrogen-bond donors (Lipinski definition) is 0. The summed E-state index contributed by atoms with van der Waals surface area (Å²) in [6.07, 6.45) is 7.06. The number of Topliss-reactive ketones (excluding diaryl/α,β-unsaturated/α-hetero) is 2. The van der Waals surface area contributed by atoms with Gasteiger partial charge in [-0.3, -0.25) is 19.2 Å². The third-order valence-corrected chi connectivity index (χ3v) is 8.87. The summed E-state index contributed by atoms with van der Waals surface area (Å²) >= 11 is 0. The van der Waals surface area contributed by atoms with Gasteiger partial charge in [0.2, 0.25) is 0 Å². The maximum absolute atomic E-state index is 13.5. The number of carbonyl (C=O) groups excluding carboxylic acids is 4. The highest BCUT2D eigenvalue weighted by atomic mass is 16.5. The van der Waals surface area contributed by atoms with E-state index in [9.17, 15) is 19.2 Å². The van der Waals surface area contributed by atoms with E-state index in [1.807, 2.05) is 6.08 Å². The van der Waals surface area contributed by atoms with E-state index in [2.05, 4.69) is 13.8 Å². The van der Waals surface area contributed by atoms with Gasteiger partial charge in [0.25, 0.3) is 0 Å². The number of hydrogen-bond acceptors (Lipinski definition) is 5. The van der Waals surface area contributed by atoms with Crippen LogP contribution in [0.5, 0.6) is 0 Å². The van der Waals surface area contributed by atoms with Gasteiger partial charge in [-0.25, -0.2) is 0 Å². The summed E-state index contributed by atoms with van der Waals surface area (Å²) in [5.41, 5.74) is 0.620. The van der Waals surface area contributed by atoms with Gasteiger partial charge in [0.1, 0.15) is 12.4 Å². The molecule has 0 aromatic rings. The second-order valence-electron chi connectivity index (χ2n) is 10.8. The molecule has 0 amide bonds. The monoisotopic (exact) mass is 414 g/mol. The van der Waals surface area contributed by atoms with Crippen molar-refractivity contribution in [3.8, 4) is 0 Å². The Morgan fingerprint density at radius 3 is 2.57 bits per heavy atom. The van der Waals surface area contributed by atoms with E-state index in [1.165, 1.54) is 5.57 Å². The smallest absolute Gasteiger partial charge is 0.308 e. The number of carbonyl (C=O) groups is 4. The van der Waals surface area contributed by atoms with Crippen molar-refractivity contribution in [3.05, 3.63) is 11.6 Å². The third-order valence-electron chi connectivity index (χ3n) is 8.87. The normalized spacial score (nSPS) is 40.4. The average Bonchev–Trinajstić information content (AvgIpc) is 3.02. The van der Waals surface area contributed by atoms with Crippen LogP contribution in [-0.4, -0.2) is 29.9 Å². The maximum atomic E-state index is 13.5. The molecule has 5 nitrogen and oxygen atoms in total. The third kappa shape index (κ3) is 3.20.